The van der Waals surface area contributed by atoms with Crippen LogP contribution in [0.1, 0.15) is 20.0 Å². The van der Waals surface area contributed by atoms with E-state index in [1.165, 1.54) is 36.8 Å². The Hall–Kier alpha value is -3.19. The van der Waals surface area contributed by atoms with E-state index < -0.39 is 11.9 Å². The van der Waals surface area contributed by atoms with Crippen molar-refractivity contribution in [3.8, 4) is 16.3 Å². The Balaban J connectivity index is 1.82. The molecule has 0 fully saturated rings. The van der Waals surface area contributed by atoms with Gasteiger partial charge in [0, 0.05) is 5.56 Å². The molecule has 0 aliphatic rings. The Morgan fingerprint density at radius 3 is 2.60 bits per heavy atom. The number of amides is 1. The number of carbonyl (C=O) groups excluding carboxylic acids is 2. The number of nitrogens with one attached hydrogen (secondary N) is 1. The zero-order valence-electron chi connectivity index (χ0n) is 13.2. The third-order valence-electron chi connectivity index (χ3n) is 3.44. The van der Waals surface area contributed by atoms with Crippen LogP contribution in [0.4, 0.5) is 5.69 Å². The smallest absolute Gasteiger partial charge is 0.341 e. The van der Waals surface area contributed by atoms with E-state index in [0.717, 1.165) is 10.6 Å². The van der Waals surface area contributed by atoms with E-state index in [9.17, 15) is 14.7 Å². The number of thiazole rings is 1. The third-order valence-corrected chi connectivity index (χ3v) is 4.48. The number of carbonyl (C=O) groups is 2. The van der Waals surface area contributed by atoms with Gasteiger partial charge in [0.15, 0.2) is 5.75 Å². The molecule has 0 bridgehead atoms. The zero-order chi connectivity index (χ0) is 17.8. The van der Waals surface area contributed by atoms with E-state index in [0.29, 0.717) is 4.88 Å². The van der Waals surface area contributed by atoms with Crippen LogP contribution in [0.3, 0.4) is 0 Å². The lowest BCUT2D eigenvalue weighted by Crippen LogP contribution is -2.11. The summed E-state index contributed by atoms with van der Waals surface area (Å²) in [4.78, 5) is 28.6. The number of methoxy groups -OCH3 is 1. The fourth-order valence-corrected chi connectivity index (χ4v) is 3.01. The van der Waals surface area contributed by atoms with E-state index >= 15 is 0 Å². The Morgan fingerprint density at radius 2 is 1.88 bits per heavy atom. The number of hydrogen-bond donors (Lipinski definition) is 2. The first-order valence-corrected chi connectivity index (χ1v) is 8.14. The van der Waals surface area contributed by atoms with Gasteiger partial charge in [0.2, 0.25) is 0 Å². The largest absolute Gasteiger partial charge is 0.505 e. The maximum absolute atomic E-state index is 12.4. The van der Waals surface area contributed by atoms with Crippen molar-refractivity contribution in [2.24, 2.45) is 0 Å². The van der Waals surface area contributed by atoms with Crippen LogP contribution in [0.25, 0.3) is 10.6 Å². The second-order valence-electron chi connectivity index (χ2n) is 5.04. The number of para-hydroxylation sites is 1. The lowest BCUT2D eigenvalue weighted by Gasteiger charge is -2.09. The molecule has 1 amide bonds. The maximum atomic E-state index is 12.4. The first kappa shape index (κ1) is 16.7. The highest BCUT2D eigenvalue weighted by atomic mass is 32.1. The molecule has 0 saturated carbocycles. The molecular formula is C18H14N2O4S. The molecule has 0 atom stereocenters. The minimum atomic E-state index is -0.683. The summed E-state index contributed by atoms with van der Waals surface area (Å²) in [7, 11) is 1.22. The SMILES string of the molecule is COC(=O)c1cccc(NC(=O)c2cnc(-c3ccccc3)s2)c1O. The van der Waals surface area contributed by atoms with Gasteiger partial charge in [-0.15, -0.1) is 11.3 Å². The molecule has 1 aromatic heterocycles. The highest BCUT2D eigenvalue weighted by Gasteiger charge is 2.18. The van der Waals surface area contributed by atoms with Crippen molar-refractivity contribution in [3.63, 3.8) is 0 Å². The summed E-state index contributed by atoms with van der Waals surface area (Å²) < 4.78 is 4.59. The lowest BCUT2D eigenvalue weighted by atomic mass is 10.1. The van der Waals surface area contributed by atoms with Gasteiger partial charge in [0.05, 0.1) is 19.0 Å². The van der Waals surface area contributed by atoms with Crippen LogP contribution in [0, 0.1) is 0 Å². The predicted octanol–water partition coefficient (Wildman–Crippen LogP) is 3.55. The number of esters is 1. The summed E-state index contributed by atoms with van der Waals surface area (Å²) in [5, 5.41) is 13.4. The van der Waals surface area contributed by atoms with Crippen LogP contribution in [0.2, 0.25) is 0 Å². The maximum Gasteiger partial charge on any atom is 0.341 e. The van der Waals surface area contributed by atoms with Gasteiger partial charge in [-0.3, -0.25) is 4.79 Å². The summed E-state index contributed by atoms with van der Waals surface area (Å²) in [6, 6.07) is 14.0. The van der Waals surface area contributed by atoms with Crippen molar-refractivity contribution in [3.05, 3.63) is 65.2 Å². The van der Waals surface area contributed by atoms with Gasteiger partial charge in [-0.2, -0.15) is 0 Å². The quantitative estimate of drug-likeness (QED) is 0.552. The molecule has 0 aliphatic carbocycles. The van der Waals surface area contributed by atoms with Crippen LogP contribution >= 0.6 is 11.3 Å². The van der Waals surface area contributed by atoms with Gasteiger partial charge >= 0.3 is 5.97 Å². The van der Waals surface area contributed by atoms with Gasteiger partial charge in [-0.1, -0.05) is 36.4 Å². The zero-order valence-corrected chi connectivity index (χ0v) is 14.0. The molecule has 25 heavy (non-hydrogen) atoms. The number of ether oxygens (including phenoxy) is 1. The fourth-order valence-electron chi connectivity index (χ4n) is 2.20. The van der Waals surface area contributed by atoms with E-state index in [1.54, 1.807) is 6.07 Å². The van der Waals surface area contributed by atoms with E-state index in [2.05, 4.69) is 15.0 Å². The molecule has 126 valence electrons. The number of anilines is 1. The molecule has 1 heterocycles. The lowest BCUT2D eigenvalue weighted by molar-refractivity contribution is 0.0597. The Morgan fingerprint density at radius 1 is 1.12 bits per heavy atom. The number of nitrogens with zero attached hydrogens (tertiary/aromatic N) is 1. The summed E-state index contributed by atoms with van der Waals surface area (Å²) in [5.74, 6) is -1.44. The second kappa shape index (κ2) is 7.14. The van der Waals surface area contributed by atoms with Crippen molar-refractivity contribution in [2.75, 3.05) is 12.4 Å². The van der Waals surface area contributed by atoms with E-state index in [1.807, 2.05) is 30.3 Å². The molecular weight excluding hydrogens is 340 g/mol. The predicted molar refractivity (Wildman–Crippen MR) is 94.9 cm³/mol. The standard InChI is InChI=1S/C18H14N2O4S/c1-24-18(23)12-8-5-9-13(15(12)21)20-16(22)14-10-19-17(25-14)11-6-3-2-4-7-11/h2-10,21H,1H3,(H,20,22). The number of phenolic OH excluding ortho intramolecular Hbond substituents is 1. The summed E-state index contributed by atoms with van der Waals surface area (Å²) >= 11 is 1.24. The van der Waals surface area contributed by atoms with Gasteiger partial charge < -0.3 is 15.2 Å². The molecule has 0 unspecified atom stereocenters. The third kappa shape index (κ3) is 3.51. The highest BCUT2D eigenvalue weighted by Crippen LogP contribution is 2.30. The highest BCUT2D eigenvalue weighted by molar-refractivity contribution is 7.17. The second-order valence-corrected chi connectivity index (χ2v) is 6.07. The van der Waals surface area contributed by atoms with Crippen molar-refractivity contribution in [1.82, 2.24) is 4.98 Å². The number of phenols is 1. The summed E-state index contributed by atoms with van der Waals surface area (Å²) in [6.45, 7) is 0. The van der Waals surface area contributed by atoms with Gasteiger partial charge in [-0.25, -0.2) is 9.78 Å². The number of hydrogen-bond acceptors (Lipinski definition) is 6. The first-order chi connectivity index (χ1) is 12.1. The molecule has 2 aromatic carbocycles. The normalized spacial score (nSPS) is 10.3. The van der Waals surface area contributed by atoms with Crippen LogP contribution in [-0.2, 0) is 4.74 Å². The number of rotatable bonds is 4. The Kier molecular flexibility index (Phi) is 4.76. The van der Waals surface area contributed by atoms with Gasteiger partial charge in [0.25, 0.3) is 5.91 Å². The summed E-state index contributed by atoms with van der Waals surface area (Å²) in [6.07, 6.45) is 1.48. The summed E-state index contributed by atoms with van der Waals surface area (Å²) in [5.41, 5.74) is 1.03. The Labute approximate surface area is 147 Å². The van der Waals surface area contributed by atoms with Crippen LogP contribution < -0.4 is 5.32 Å². The molecule has 6 nitrogen and oxygen atoms in total. The monoisotopic (exact) mass is 354 g/mol. The molecule has 3 aromatic rings. The minimum Gasteiger partial charge on any atom is -0.505 e. The van der Waals surface area contributed by atoms with Crippen LogP contribution in [0.5, 0.6) is 5.75 Å². The fraction of sp³-hybridized carbons (Fsp3) is 0.0556. The first-order valence-electron chi connectivity index (χ1n) is 7.33. The molecule has 2 N–H and O–H groups in total. The number of aromatic nitrogens is 1. The molecule has 0 spiro atoms. The average Bonchev–Trinajstić information content (AvgIpc) is 3.14. The molecule has 3 rings (SSSR count). The number of benzene rings is 2. The molecule has 0 aliphatic heterocycles. The van der Waals surface area contributed by atoms with Gasteiger partial charge in [0.1, 0.15) is 15.4 Å². The minimum absolute atomic E-state index is 0.0189. The average molecular weight is 354 g/mol. The van der Waals surface area contributed by atoms with Crippen LogP contribution in [-0.4, -0.2) is 29.1 Å². The van der Waals surface area contributed by atoms with Crippen molar-refractivity contribution in [2.45, 2.75) is 0 Å². The molecule has 7 heteroatoms. The van der Waals surface area contributed by atoms with Crippen molar-refractivity contribution in [1.29, 1.82) is 0 Å². The molecule has 0 radical (unpaired) electrons. The topological polar surface area (TPSA) is 88.5 Å². The molecule has 0 saturated heterocycles. The van der Waals surface area contributed by atoms with Gasteiger partial charge in [-0.05, 0) is 12.1 Å². The van der Waals surface area contributed by atoms with Crippen molar-refractivity contribution < 1.29 is 19.4 Å². The van der Waals surface area contributed by atoms with Crippen molar-refractivity contribution >= 4 is 28.9 Å². The Bertz CT molecular complexity index is 922. The van der Waals surface area contributed by atoms with E-state index in [-0.39, 0.29) is 17.0 Å². The van der Waals surface area contributed by atoms with Crippen LogP contribution in [0.15, 0.2) is 54.7 Å². The van der Waals surface area contributed by atoms with E-state index in [4.69, 9.17) is 0 Å². The number of aromatic hydroxyl groups is 1.